The summed E-state index contributed by atoms with van der Waals surface area (Å²) in [6.07, 6.45) is -1.14. The molecule has 0 unspecified atom stereocenters. The molecule has 0 saturated carbocycles. The van der Waals surface area contributed by atoms with Gasteiger partial charge in [0.15, 0.2) is 0 Å². The van der Waals surface area contributed by atoms with Crippen LogP contribution >= 0.6 is 0 Å². The molecule has 0 saturated heterocycles. The van der Waals surface area contributed by atoms with E-state index in [2.05, 4.69) is 10.1 Å². The van der Waals surface area contributed by atoms with E-state index < -0.39 is 30.6 Å². The van der Waals surface area contributed by atoms with Crippen LogP contribution in [0.1, 0.15) is 5.56 Å². The number of ether oxygens (including phenoxy) is 2. The molecular formula is C13H17N3O5. The van der Waals surface area contributed by atoms with Gasteiger partial charge in [-0.05, 0) is 5.56 Å². The summed E-state index contributed by atoms with van der Waals surface area (Å²) in [6.45, 7) is -0.565. The Bertz CT molecular complexity index is 492. The Balaban J connectivity index is 2.25. The highest BCUT2D eigenvalue weighted by atomic mass is 16.7. The van der Waals surface area contributed by atoms with Crippen LogP contribution in [0.4, 0.5) is 4.79 Å². The fraction of sp³-hybridized carbons (Fsp3) is 0.308. The lowest BCUT2D eigenvalue weighted by molar-refractivity contribution is -0.140. The second kappa shape index (κ2) is 8.67. The second-order valence-corrected chi connectivity index (χ2v) is 4.06. The number of nitrogens with one attached hydrogen (secondary N) is 1. The number of benzene rings is 1. The molecule has 0 radical (unpaired) electrons. The van der Waals surface area contributed by atoms with E-state index in [0.29, 0.717) is 0 Å². The maximum Gasteiger partial charge on any atom is 0.516 e. The third kappa shape index (κ3) is 6.50. The number of hydrogen-bond donors (Lipinski definition) is 3. The molecule has 114 valence electrons. The zero-order chi connectivity index (χ0) is 15.7. The molecule has 1 amide bonds. The summed E-state index contributed by atoms with van der Waals surface area (Å²) >= 11 is 0. The van der Waals surface area contributed by atoms with E-state index >= 15 is 0 Å². The SMILES string of the molecule is NC[C@H](N)C(=O)NCC(=O)OC(=O)OCc1ccccc1. The molecule has 21 heavy (non-hydrogen) atoms. The molecule has 0 bridgehead atoms. The van der Waals surface area contributed by atoms with Crippen molar-refractivity contribution in [2.45, 2.75) is 12.6 Å². The number of hydrogen-bond acceptors (Lipinski definition) is 7. The van der Waals surface area contributed by atoms with Gasteiger partial charge in [0, 0.05) is 6.54 Å². The number of amides is 1. The number of esters is 1. The lowest BCUT2D eigenvalue weighted by atomic mass is 10.2. The minimum atomic E-state index is -1.14. The van der Waals surface area contributed by atoms with Crippen molar-refractivity contribution >= 4 is 18.0 Å². The minimum Gasteiger partial charge on any atom is -0.429 e. The van der Waals surface area contributed by atoms with Crippen LogP contribution in [0.25, 0.3) is 0 Å². The quantitative estimate of drug-likeness (QED) is 0.465. The third-order valence-electron chi connectivity index (χ3n) is 2.39. The fourth-order valence-electron chi connectivity index (χ4n) is 1.27. The zero-order valence-corrected chi connectivity index (χ0v) is 11.3. The van der Waals surface area contributed by atoms with Gasteiger partial charge in [-0.25, -0.2) is 9.59 Å². The first-order chi connectivity index (χ1) is 10.0. The molecule has 0 aliphatic carbocycles. The summed E-state index contributed by atoms with van der Waals surface area (Å²) in [5, 5.41) is 2.19. The number of rotatable bonds is 6. The second-order valence-electron chi connectivity index (χ2n) is 4.06. The molecule has 0 spiro atoms. The van der Waals surface area contributed by atoms with Crippen LogP contribution in [0.3, 0.4) is 0 Å². The van der Waals surface area contributed by atoms with Crippen molar-refractivity contribution in [1.29, 1.82) is 0 Å². The van der Waals surface area contributed by atoms with Gasteiger partial charge in [0.2, 0.25) is 5.91 Å². The highest BCUT2D eigenvalue weighted by Gasteiger charge is 2.15. The highest BCUT2D eigenvalue weighted by Crippen LogP contribution is 2.01. The third-order valence-corrected chi connectivity index (χ3v) is 2.39. The van der Waals surface area contributed by atoms with Gasteiger partial charge in [-0.15, -0.1) is 0 Å². The summed E-state index contributed by atoms with van der Waals surface area (Å²) < 4.78 is 9.08. The summed E-state index contributed by atoms with van der Waals surface area (Å²) in [7, 11) is 0. The molecule has 1 rings (SSSR count). The van der Waals surface area contributed by atoms with Crippen LogP contribution in [-0.4, -0.2) is 37.2 Å². The standard InChI is InChI=1S/C13H17N3O5/c14-6-10(15)12(18)16-7-11(17)21-13(19)20-8-9-4-2-1-3-5-9/h1-5,10H,6-8,14-15H2,(H,16,18)/t10-/m0/s1. The average molecular weight is 295 g/mol. The van der Waals surface area contributed by atoms with Crippen molar-refractivity contribution in [2.75, 3.05) is 13.1 Å². The predicted octanol–water partition coefficient (Wildman–Crippen LogP) is -0.731. The first kappa shape index (κ1) is 16.6. The first-order valence-corrected chi connectivity index (χ1v) is 6.17. The van der Waals surface area contributed by atoms with Crippen molar-refractivity contribution < 1.29 is 23.9 Å². The van der Waals surface area contributed by atoms with Gasteiger partial charge in [-0.1, -0.05) is 30.3 Å². The normalized spacial score (nSPS) is 11.3. The Morgan fingerprint density at radius 2 is 1.86 bits per heavy atom. The molecular weight excluding hydrogens is 278 g/mol. The molecule has 1 atom stereocenters. The Hall–Kier alpha value is -2.45. The number of carbonyl (C=O) groups is 3. The molecule has 0 heterocycles. The smallest absolute Gasteiger partial charge is 0.429 e. The van der Waals surface area contributed by atoms with E-state index in [1.54, 1.807) is 24.3 Å². The maximum atomic E-state index is 11.3. The Kier molecular flexibility index (Phi) is 6.85. The minimum absolute atomic E-state index is 0.0165. The molecule has 8 heteroatoms. The van der Waals surface area contributed by atoms with E-state index in [4.69, 9.17) is 16.2 Å². The topological polar surface area (TPSA) is 134 Å². The summed E-state index contributed by atoms with van der Waals surface area (Å²) in [6, 6.07) is 7.98. The van der Waals surface area contributed by atoms with Gasteiger partial charge in [-0.2, -0.15) is 0 Å². The molecule has 8 nitrogen and oxygen atoms in total. The molecule has 0 aromatic heterocycles. The first-order valence-electron chi connectivity index (χ1n) is 6.17. The zero-order valence-electron chi connectivity index (χ0n) is 11.3. The van der Waals surface area contributed by atoms with E-state index in [0.717, 1.165) is 5.56 Å². The number of nitrogens with two attached hydrogens (primary N) is 2. The summed E-state index contributed by atoms with van der Waals surface area (Å²) in [4.78, 5) is 33.7. The van der Waals surface area contributed by atoms with Crippen LogP contribution in [0.15, 0.2) is 30.3 Å². The van der Waals surface area contributed by atoms with Crippen LogP contribution < -0.4 is 16.8 Å². The Morgan fingerprint density at radius 1 is 1.19 bits per heavy atom. The lowest BCUT2D eigenvalue weighted by Gasteiger charge is -2.09. The van der Waals surface area contributed by atoms with Crippen molar-refractivity contribution in [3.05, 3.63) is 35.9 Å². The summed E-state index contributed by atoms with van der Waals surface area (Å²) in [5.74, 6) is -1.56. The molecule has 5 N–H and O–H groups in total. The molecule has 1 aromatic rings. The van der Waals surface area contributed by atoms with Gasteiger partial charge < -0.3 is 26.3 Å². The van der Waals surface area contributed by atoms with Crippen LogP contribution in [0, 0.1) is 0 Å². The van der Waals surface area contributed by atoms with Crippen LogP contribution in [-0.2, 0) is 25.7 Å². The average Bonchev–Trinajstić information content (AvgIpc) is 2.50. The van der Waals surface area contributed by atoms with Crippen molar-refractivity contribution in [2.24, 2.45) is 11.5 Å². The molecule has 0 aliphatic heterocycles. The van der Waals surface area contributed by atoms with Crippen molar-refractivity contribution in [3.8, 4) is 0 Å². The highest BCUT2D eigenvalue weighted by molar-refractivity contribution is 5.88. The van der Waals surface area contributed by atoms with Crippen LogP contribution in [0.5, 0.6) is 0 Å². The van der Waals surface area contributed by atoms with E-state index in [1.165, 1.54) is 0 Å². The van der Waals surface area contributed by atoms with Gasteiger partial charge in [0.25, 0.3) is 0 Å². The van der Waals surface area contributed by atoms with Crippen molar-refractivity contribution in [1.82, 2.24) is 5.32 Å². The molecule has 0 fully saturated rings. The monoisotopic (exact) mass is 295 g/mol. The van der Waals surface area contributed by atoms with Gasteiger partial charge in [0.05, 0.1) is 6.04 Å². The maximum absolute atomic E-state index is 11.3. The van der Waals surface area contributed by atoms with E-state index in [1.807, 2.05) is 6.07 Å². The predicted molar refractivity (Wildman–Crippen MR) is 72.8 cm³/mol. The number of carbonyl (C=O) groups excluding carboxylic acids is 3. The molecule has 0 aliphatic rings. The van der Waals surface area contributed by atoms with Crippen molar-refractivity contribution in [3.63, 3.8) is 0 Å². The lowest BCUT2D eigenvalue weighted by Crippen LogP contribution is -2.47. The Labute approximate surface area is 121 Å². The van der Waals surface area contributed by atoms with Gasteiger partial charge >= 0.3 is 12.1 Å². The van der Waals surface area contributed by atoms with Gasteiger partial charge in [0.1, 0.15) is 13.2 Å². The Morgan fingerprint density at radius 3 is 2.48 bits per heavy atom. The largest absolute Gasteiger partial charge is 0.516 e. The molecule has 1 aromatic carbocycles. The van der Waals surface area contributed by atoms with Crippen LogP contribution in [0.2, 0.25) is 0 Å². The van der Waals surface area contributed by atoms with Gasteiger partial charge in [-0.3, -0.25) is 4.79 Å². The summed E-state index contributed by atoms with van der Waals surface area (Å²) in [5.41, 5.74) is 11.3. The fourth-order valence-corrected chi connectivity index (χ4v) is 1.27. The van der Waals surface area contributed by atoms with E-state index in [9.17, 15) is 14.4 Å². The van der Waals surface area contributed by atoms with E-state index in [-0.39, 0.29) is 13.2 Å².